The first-order valence-corrected chi connectivity index (χ1v) is 14.7. The molecular weight excluding hydrogens is 492 g/mol. The highest BCUT2D eigenvalue weighted by atomic mass is 16.5. The second kappa shape index (κ2) is 12.1. The van der Waals surface area contributed by atoms with Crippen LogP contribution in [0.15, 0.2) is 24.3 Å². The fourth-order valence-electron chi connectivity index (χ4n) is 5.97. The molecule has 210 valence electrons. The molecule has 0 radical (unpaired) electrons. The number of benzene rings is 1. The summed E-state index contributed by atoms with van der Waals surface area (Å²) in [6.07, 6.45) is 3.53. The highest BCUT2D eigenvalue weighted by molar-refractivity contribution is 5.99. The number of hydrogen-bond acceptors (Lipinski definition) is 6. The predicted octanol–water partition coefficient (Wildman–Crippen LogP) is 2.57. The Balaban J connectivity index is 1.25. The van der Waals surface area contributed by atoms with Crippen molar-refractivity contribution in [3.05, 3.63) is 29.8 Å². The van der Waals surface area contributed by atoms with E-state index in [9.17, 15) is 14.4 Å². The summed E-state index contributed by atoms with van der Waals surface area (Å²) in [6.45, 7) is 11.8. The summed E-state index contributed by atoms with van der Waals surface area (Å²) in [7, 11) is 0. The van der Waals surface area contributed by atoms with E-state index in [-0.39, 0.29) is 42.1 Å². The number of Topliss-reactive ketones (excluding diaryl/α,β-unsaturated/α-hetero) is 1. The van der Waals surface area contributed by atoms with Crippen LogP contribution in [0.5, 0.6) is 0 Å². The third-order valence-electron chi connectivity index (χ3n) is 8.24. The molecule has 3 heterocycles. The number of hydrogen-bond donors (Lipinski definition) is 1. The molecule has 1 aromatic carbocycles. The van der Waals surface area contributed by atoms with E-state index in [1.165, 1.54) is 6.42 Å². The normalized spacial score (nSPS) is 25.8. The number of amides is 2. The lowest BCUT2D eigenvalue weighted by Crippen LogP contribution is -2.52. The van der Waals surface area contributed by atoms with Crippen LogP contribution in [-0.4, -0.2) is 91.5 Å². The predicted molar refractivity (Wildman–Crippen MR) is 150 cm³/mol. The van der Waals surface area contributed by atoms with Gasteiger partial charge in [0.2, 0.25) is 5.91 Å². The topological polar surface area (TPSA) is 82.2 Å². The summed E-state index contributed by atoms with van der Waals surface area (Å²) in [5.41, 5.74) is 1.64. The zero-order valence-electron chi connectivity index (χ0n) is 23.5. The minimum absolute atomic E-state index is 0.0158. The summed E-state index contributed by atoms with van der Waals surface area (Å²) >= 11 is 0. The molecule has 3 aliphatic heterocycles. The van der Waals surface area contributed by atoms with Crippen LogP contribution in [0.1, 0.15) is 56.8 Å². The molecule has 4 unspecified atom stereocenters. The van der Waals surface area contributed by atoms with Crippen LogP contribution in [0.25, 0.3) is 0 Å². The van der Waals surface area contributed by atoms with Crippen molar-refractivity contribution in [1.29, 1.82) is 0 Å². The van der Waals surface area contributed by atoms with Crippen LogP contribution in [0.2, 0.25) is 0 Å². The summed E-state index contributed by atoms with van der Waals surface area (Å²) in [5.74, 6) is 6.46. The average Bonchev–Trinajstić information content (AvgIpc) is 3.58. The van der Waals surface area contributed by atoms with Crippen molar-refractivity contribution < 1.29 is 19.1 Å². The van der Waals surface area contributed by atoms with Crippen molar-refractivity contribution in [3.8, 4) is 11.8 Å². The van der Waals surface area contributed by atoms with E-state index >= 15 is 0 Å². The van der Waals surface area contributed by atoms with Crippen molar-refractivity contribution in [2.75, 3.05) is 50.8 Å². The van der Waals surface area contributed by atoms with Crippen molar-refractivity contribution >= 4 is 23.3 Å². The van der Waals surface area contributed by atoms with Gasteiger partial charge in [-0.05, 0) is 62.4 Å². The first-order chi connectivity index (χ1) is 18.8. The maximum Gasteiger partial charge on any atom is 0.251 e. The second-order valence-corrected chi connectivity index (χ2v) is 11.9. The van der Waals surface area contributed by atoms with Crippen LogP contribution in [0.4, 0.5) is 5.69 Å². The number of anilines is 1. The number of fused-ring (bicyclic) bond motifs is 1. The summed E-state index contributed by atoms with van der Waals surface area (Å²) in [4.78, 5) is 46.3. The van der Waals surface area contributed by atoms with Gasteiger partial charge in [0.05, 0.1) is 5.92 Å². The first-order valence-electron chi connectivity index (χ1n) is 14.7. The molecular formula is C31H42N4O4. The maximum absolute atomic E-state index is 13.8. The molecule has 8 heteroatoms. The fourth-order valence-corrected chi connectivity index (χ4v) is 5.97. The average molecular weight is 535 g/mol. The van der Waals surface area contributed by atoms with E-state index in [1.807, 2.05) is 38.1 Å². The molecule has 39 heavy (non-hydrogen) atoms. The standard InChI is InChI=1S/C31H42N4O4/c1-4-13-33-14-16-34(17-15-33)25-11-9-23(10-12-25)30(37)32-26(18-21(2)3)31(38)35-19-24(8-7-22-5-6-22)29-28(35)27(36)20-39-29/h9-12,21-22,24,26,28-29H,4-6,13-20H2,1-3H3,(H,32,37). The molecule has 4 fully saturated rings. The molecule has 0 bridgehead atoms. The number of nitrogens with zero attached hydrogens (tertiary/aromatic N) is 3. The minimum Gasteiger partial charge on any atom is -0.369 e. The molecule has 0 spiro atoms. The van der Waals surface area contributed by atoms with Crippen molar-refractivity contribution in [1.82, 2.24) is 15.1 Å². The Morgan fingerprint density at radius 3 is 2.44 bits per heavy atom. The number of nitrogens with one attached hydrogen (secondary N) is 1. The van der Waals surface area contributed by atoms with Crippen molar-refractivity contribution in [2.45, 2.75) is 64.6 Å². The summed E-state index contributed by atoms with van der Waals surface area (Å²) < 4.78 is 5.79. The van der Waals surface area contributed by atoms with E-state index in [1.54, 1.807) is 4.90 Å². The monoisotopic (exact) mass is 534 g/mol. The lowest BCUT2D eigenvalue weighted by Gasteiger charge is -2.36. The first kappa shape index (κ1) is 27.7. The van der Waals surface area contributed by atoms with Gasteiger partial charge in [0.15, 0.2) is 5.78 Å². The molecule has 4 atom stereocenters. The highest BCUT2D eigenvalue weighted by Crippen LogP contribution is 2.34. The van der Waals surface area contributed by atoms with Crippen LogP contribution < -0.4 is 10.2 Å². The molecule has 3 saturated heterocycles. The van der Waals surface area contributed by atoms with Gasteiger partial charge >= 0.3 is 0 Å². The van der Waals surface area contributed by atoms with Gasteiger partial charge in [-0.15, -0.1) is 0 Å². The smallest absolute Gasteiger partial charge is 0.251 e. The van der Waals surface area contributed by atoms with Gasteiger partial charge in [0.25, 0.3) is 5.91 Å². The Labute approximate surface area is 232 Å². The lowest BCUT2D eigenvalue weighted by atomic mass is 10.0. The Kier molecular flexibility index (Phi) is 8.58. The van der Waals surface area contributed by atoms with Crippen molar-refractivity contribution in [2.24, 2.45) is 17.8 Å². The Bertz CT molecular complexity index is 1110. The van der Waals surface area contributed by atoms with Gasteiger partial charge in [-0.25, -0.2) is 0 Å². The van der Waals surface area contributed by atoms with Crippen LogP contribution in [-0.2, 0) is 14.3 Å². The molecule has 1 N–H and O–H groups in total. The van der Waals surface area contributed by atoms with Crippen LogP contribution in [0, 0.1) is 29.6 Å². The van der Waals surface area contributed by atoms with Gasteiger partial charge in [-0.2, -0.15) is 0 Å². The Morgan fingerprint density at radius 2 is 1.79 bits per heavy atom. The number of carbonyl (C=O) groups is 3. The number of ether oxygens (including phenoxy) is 1. The zero-order valence-corrected chi connectivity index (χ0v) is 23.5. The molecule has 4 aliphatic rings. The third kappa shape index (κ3) is 6.47. The van der Waals surface area contributed by atoms with E-state index in [4.69, 9.17) is 4.74 Å². The van der Waals surface area contributed by atoms with Crippen molar-refractivity contribution in [3.63, 3.8) is 0 Å². The molecule has 2 amide bonds. The second-order valence-electron chi connectivity index (χ2n) is 11.9. The lowest BCUT2D eigenvalue weighted by molar-refractivity contribution is -0.138. The molecule has 1 saturated carbocycles. The zero-order chi connectivity index (χ0) is 27.5. The number of rotatable bonds is 8. The van der Waals surface area contributed by atoms with E-state index in [0.29, 0.717) is 24.4 Å². The molecule has 0 aromatic heterocycles. The Hall–Kier alpha value is -2.89. The van der Waals surface area contributed by atoms with Crippen LogP contribution in [0.3, 0.4) is 0 Å². The van der Waals surface area contributed by atoms with Gasteiger partial charge < -0.3 is 19.9 Å². The van der Waals surface area contributed by atoms with E-state index in [2.05, 4.69) is 33.9 Å². The van der Waals surface area contributed by atoms with E-state index in [0.717, 1.165) is 51.3 Å². The SMILES string of the molecule is CCCN1CCN(c2ccc(C(=O)NC(CC(C)C)C(=O)N3CC(C#CC4CC4)C4OCC(=O)C43)cc2)CC1. The summed E-state index contributed by atoms with van der Waals surface area (Å²) in [6, 6.07) is 6.33. The van der Waals surface area contributed by atoms with Gasteiger partial charge in [0.1, 0.15) is 24.8 Å². The van der Waals surface area contributed by atoms with Crippen LogP contribution >= 0.6 is 0 Å². The number of piperazine rings is 1. The van der Waals surface area contributed by atoms with Gasteiger partial charge in [0, 0.05) is 49.9 Å². The number of ketones is 1. The quantitative estimate of drug-likeness (QED) is 0.517. The summed E-state index contributed by atoms with van der Waals surface area (Å²) in [5, 5.41) is 2.99. The van der Waals surface area contributed by atoms with E-state index < -0.39 is 12.1 Å². The third-order valence-corrected chi connectivity index (χ3v) is 8.24. The number of likely N-dealkylation sites (tertiary alicyclic amines) is 1. The minimum atomic E-state index is -0.715. The fraction of sp³-hybridized carbons (Fsp3) is 0.645. The maximum atomic E-state index is 13.8. The number of carbonyl (C=O) groups excluding carboxylic acids is 3. The Morgan fingerprint density at radius 1 is 1.08 bits per heavy atom. The van der Waals surface area contributed by atoms with Gasteiger partial charge in [-0.3, -0.25) is 19.3 Å². The van der Waals surface area contributed by atoms with Gasteiger partial charge in [-0.1, -0.05) is 32.6 Å². The highest BCUT2D eigenvalue weighted by Gasteiger charge is 2.52. The molecule has 5 rings (SSSR count). The molecule has 1 aromatic rings. The largest absolute Gasteiger partial charge is 0.369 e. The molecule has 1 aliphatic carbocycles. The molecule has 8 nitrogen and oxygen atoms in total.